The number of benzene rings is 2. The van der Waals surface area contributed by atoms with Gasteiger partial charge >= 0.3 is 0 Å². The Kier molecular flexibility index (Phi) is 8.44. The number of hydrogen-bond acceptors (Lipinski definition) is 6. The van der Waals surface area contributed by atoms with Crippen molar-refractivity contribution in [3.8, 4) is 17.2 Å². The van der Waals surface area contributed by atoms with E-state index in [1.54, 1.807) is 43.8 Å². The van der Waals surface area contributed by atoms with Gasteiger partial charge in [-0.15, -0.1) is 11.3 Å². The van der Waals surface area contributed by atoms with Crippen LogP contribution in [0, 0.1) is 0 Å². The molecule has 0 bridgehead atoms. The van der Waals surface area contributed by atoms with Gasteiger partial charge in [0.25, 0.3) is 5.91 Å². The van der Waals surface area contributed by atoms with Gasteiger partial charge in [-0.25, -0.2) is 0 Å². The largest absolute Gasteiger partial charge is 0.497 e. The van der Waals surface area contributed by atoms with Crippen molar-refractivity contribution in [3.05, 3.63) is 76.0 Å². The lowest BCUT2D eigenvalue weighted by Gasteiger charge is -2.26. The summed E-state index contributed by atoms with van der Waals surface area (Å²) >= 11 is 1.74. The number of ether oxygens (including phenoxy) is 4. The Labute approximate surface area is 205 Å². The molecule has 2 aromatic carbocycles. The Morgan fingerprint density at radius 2 is 2.00 bits per heavy atom. The van der Waals surface area contributed by atoms with Gasteiger partial charge in [0.05, 0.1) is 32.5 Å². The van der Waals surface area contributed by atoms with Gasteiger partial charge in [-0.2, -0.15) is 0 Å². The lowest BCUT2D eigenvalue weighted by molar-refractivity contribution is 0.0504. The molecule has 1 atom stereocenters. The molecule has 3 aromatic rings. The second kappa shape index (κ2) is 11.9. The van der Waals surface area contributed by atoms with Gasteiger partial charge in [-0.1, -0.05) is 18.2 Å². The van der Waals surface area contributed by atoms with Crippen molar-refractivity contribution in [2.75, 3.05) is 34.0 Å². The van der Waals surface area contributed by atoms with Gasteiger partial charge in [-0.05, 0) is 60.2 Å². The van der Waals surface area contributed by atoms with Crippen LogP contribution < -0.4 is 14.2 Å². The van der Waals surface area contributed by atoms with Crippen molar-refractivity contribution in [2.24, 2.45) is 0 Å². The third-order valence-electron chi connectivity index (χ3n) is 5.84. The Hall–Kier alpha value is -3.03. The molecule has 0 radical (unpaired) electrons. The molecule has 1 fully saturated rings. The summed E-state index contributed by atoms with van der Waals surface area (Å²) < 4.78 is 22.7. The van der Waals surface area contributed by atoms with Crippen LogP contribution in [0.4, 0.5) is 0 Å². The highest BCUT2D eigenvalue weighted by atomic mass is 32.1. The van der Waals surface area contributed by atoms with E-state index in [0.29, 0.717) is 36.8 Å². The van der Waals surface area contributed by atoms with Crippen molar-refractivity contribution in [3.63, 3.8) is 0 Å². The second-order valence-electron chi connectivity index (χ2n) is 8.21. The zero-order valence-electron chi connectivity index (χ0n) is 19.7. The maximum atomic E-state index is 13.7. The van der Waals surface area contributed by atoms with Crippen LogP contribution in [0.25, 0.3) is 0 Å². The molecule has 6 nitrogen and oxygen atoms in total. The van der Waals surface area contributed by atoms with Crippen LogP contribution in [0.1, 0.15) is 33.6 Å². The van der Waals surface area contributed by atoms with Crippen molar-refractivity contribution in [1.82, 2.24) is 4.90 Å². The molecule has 4 rings (SSSR count). The van der Waals surface area contributed by atoms with Gasteiger partial charge in [0.2, 0.25) is 0 Å². The first-order valence-corrected chi connectivity index (χ1v) is 12.4. The predicted molar refractivity (Wildman–Crippen MR) is 133 cm³/mol. The molecule has 0 spiro atoms. The summed E-state index contributed by atoms with van der Waals surface area (Å²) in [5, 5.41) is 2.08. The van der Waals surface area contributed by atoms with Gasteiger partial charge in [0.15, 0.2) is 0 Å². The number of nitrogens with zero attached hydrogens (tertiary/aromatic N) is 1. The highest BCUT2D eigenvalue weighted by Crippen LogP contribution is 2.27. The quantitative estimate of drug-likeness (QED) is 0.376. The molecular formula is C27H31NO5S. The average Bonchev–Trinajstić information content (AvgIpc) is 3.58. The fourth-order valence-electron chi connectivity index (χ4n) is 4.08. The molecule has 0 N–H and O–H groups in total. The maximum absolute atomic E-state index is 13.7. The van der Waals surface area contributed by atoms with E-state index < -0.39 is 0 Å². The minimum atomic E-state index is -0.115. The van der Waals surface area contributed by atoms with Crippen LogP contribution in [0.3, 0.4) is 0 Å². The molecule has 0 unspecified atom stereocenters. The smallest absolute Gasteiger partial charge is 0.258 e. The molecule has 180 valence electrons. The normalized spacial score (nSPS) is 15.2. The standard InChI is InChI=1S/C27H31NO5S/c1-30-21-10-11-26(31-2)25(17-21)27(29)28(19-23-8-4-13-32-23)18-20-6-3-7-22(16-20)33-14-12-24-9-5-15-34-24/h3,5-7,9-11,15-17,23H,4,8,12-14,18-19H2,1-2H3/t23-/m1/s1. The van der Waals surface area contributed by atoms with Gasteiger partial charge in [0, 0.05) is 31.0 Å². The predicted octanol–water partition coefficient (Wildman–Crippen LogP) is 5.21. The van der Waals surface area contributed by atoms with Crippen LogP contribution >= 0.6 is 11.3 Å². The Balaban J connectivity index is 1.50. The Morgan fingerprint density at radius 1 is 1.09 bits per heavy atom. The monoisotopic (exact) mass is 481 g/mol. The van der Waals surface area contributed by atoms with Gasteiger partial charge in [-0.3, -0.25) is 4.79 Å². The fourth-order valence-corrected chi connectivity index (χ4v) is 4.77. The molecule has 1 amide bonds. The van der Waals surface area contributed by atoms with E-state index in [9.17, 15) is 4.79 Å². The van der Waals surface area contributed by atoms with E-state index in [0.717, 1.165) is 37.2 Å². The minimum Gasteiger partial charge on any atom is -0.497 e. The molecule has 2 heterocycles. The first-order valence-electron chi connectivity index (χ1n) is 11.5. The van der Waals surface area contributed by atoms with Crippen molar-refractivity contribution >= 4 is 17.2 Å². The Bertz CT molecular complexity index is 1060. The van der Waals surface area contributed by atoms with Crippen LogP contribution in [0.5, 0.6) is 17.2 Å². The third-order valence-corrected chi connectivity index (χ3v) is 6.78. The topological polar surface area (TPSA) is 57.2 Å². The number of amides is 1. The molecular weight excluding hydrogens is 450 g/mol. The summed E-state index contributed by atoms with van der Waals surface area (Å²) in [6.45, 7) is 2.32. The molecule has 0 saturated carbocycles. The van der Waals surface area contributed by atoms with E-state index in [1.807, 2.05) is 29.2 Å². The zero-order valence-corrected chi connectivity index (χ0v) is 20.5. The third kappa shape index (κ3) is 6.30. The van der Waals surface area contributed by atoms with E-state index in [1.165, 1.54) is 4.88 Å². The minimum absolute atomic E-state index is 0.0331. The lowest BCUT2D eigenvalue weighted by atomic mass is 10.1. The fraction of sp³-hybridized carbons (Fsp3) is 0.370. The zero-order chi connectivity index (χ0) is 23.8. The molecule has 1 aromatic heterocycles. The van der Waals surface area contributed by atoms with Crippen LogP contribution in [0.15, 0.2) is 60.0 Å². The van der Waals surface area contributed by atoms with Crippen LogP contribution in [-0.4, -0.2) is 50.9 Å². The van der Waals surface area contributed by atoms with E-state index in [-0.39, 0.29) is 12.0 Å². The van der Waals surface area contributed by atoms with E-state index in [4.69, 9.17) is 18.9 Å². The summed E-state index contributed by atoms with van der Waals surface area (Å²) in [6.07, 6.45) is 2.88. The maximum Gasteiger partial charge on any atom is 0.258 e. The molecule has 1 aliphatic heterocycles. The number of rotatable bonds is 11. The Morgan fingerprint density at radius 3 is 2.74 bits per heavy atom. The molecule has 34 heavy (non-hydrogen) atoms. The number of methoxy groups -OCH3 is 2. The summed E-state index contributed by atoms with van der Waals surface area (Å²) in [5.41, 5.74) is 1.48. The second-order valence-corrected chi connectivity index (χ2v) is 9.24. The first kappa shape index (κ1) is 24.1. The summed E-state index contributed by atoms with van der Waals surface area (Å²) in [7, 11) is 3.16. The number of thiophene rings is 1. The highest BCUT2D eigenvalue weighted by molar-refractivity contribution is 7.09. The lowest BCUT2D eigenvalue weighted by Crippen LogP contribution is -2.37. The highest BCUT2D eigenvalue weighted by Gasteiger charge is 2.26. The van der Waals surface area contributed by atoms with Crippen LogP contribution in [0.2, 0.25) is 0 Å². The van der Waals surface area contributed by atoms with Crippen molar-refractivity contribution < 1.29 is 23.7 Å². The number of hydrogen-bond donors (Lipinski definition) is 0. The van der Waals surface area contributed by atoms with Crippen molar-refractivity contribution in [1.29, 1.82) is 0 Å². The summed E-state index contributed by atoms with van der Waals surface area (Å²) in [5.74, 6) is 1.82. The van der Waals surface area contributed by atoms with Gasteiger partial charge in [0.1, 0.15) is 17.2 Å². The summed E-state index contributed by atoms with van der Waals surface area (Å²) in [6, 6.07) is 17.4. The van der Waals surface area contributed by atoms with Crippen molar-refractivity contribution in [2.45, 2.75) is 31.9 Å². The number of carbonyl (C=O) groups excluding carboxylic acids is 1. The van der Waals surface area contributed by atoms with E-state index >= 15 is 0 Å². The summed E-state index contributed by atoms with van der Waals surface area (Å²) in [4.78, 5) is 16.8. The molecule has 1 aliphatic rings. The molecule has 0 aliphatic carbocycles. The first-order chi connectivity index (χ1) is 16.7. The van der Waals surface area contributed by atoms with Crippen LogP contribution in [-0.2, 0) is 17.7 Å². The van der Waals surface area contributed by atoms with E-state index in [2.05, 4.69) is 17.5 Å². The molecule has 7 heteroatoms. The SMILES string of the molecule is COc1ccc(OC)c(C(=O)N(Cc2cccc(OCCc3cccs3)c2)C[C@H]2CCCO2)c1. The molecule has 1 saturated heterocycles. The van der Waals surface area contributed by atoms with Gasteiger partial charge < -0.3 is 23.8 Å². The number of carbonyl (C=O) groups is 1. The average molecular weight is 482 g/mol.